The van der Waals surface area contributed by atoms with E-state index in [1.807, 2.05) is 42.5 Å². The molecule has 0 saturated heterocycles. The lowest BCUT2D eigenvalue weighted by Crippen LogP contribution is -2.20. The number of carbonyl (C=O) groups excluding carboxylic acids is 1. The molecule has 6 heteroatoms. The number of nitrogens with zero attached hydrogens (tertiary/aromatic N) is 2. The van der Waals surface area contributed by atoms with E-state index in [0.29, 0.717) is 17.3 Å². The van der Waals surface area contributed by atoms with Crippen LogP contribution in [-0.4, -0.2) is 23.9 Å². The molecule has 164 valence electrons. The second-order valence-electron chi connectivity index (χ2n) is 8.69. The SMILES string of the molecule is COc1ccc2c(c1)c(C#N)c(-c1ccc(NC(=O)OC3CCCC3)cc1)n2C1CCC1. The summed E-state index contributed by atoms with van der Waals surface area (Å²) >= 11 is 0. The Kier molecular flexibility index (Phi) is 5.48. The summed E-state index contributed by atoms with van der Waals surface area (Å²) in [6.07, 6.45) is 7.18. The largest absolute Gasteiger partial charge is 0.497 e. The van der Waals surface area contributed by atoms with E-state index in [-0.39, 0.29) is 6.10 Å². The van der Waals surface area contributed by atoms with Gasteiger partial charge in [0.15, 0.2) is 0 Å². The predicted molar refractivity (Wildman–Crippen MR) is 124 cm³/mol. The highest BCUT2D eigenvalue weighted by molar-refractivity contribution is 5.96. The fourth-order valence-corrected chi connectivity index (χ4v) is 4.86. The number of nitrogens with one attached hydrogen (secondary N) is 1. The molecule has 3 aromatic rings. The van der Waals surface area contributed by atoms with Crippen LogP contribution in [0.4, 0.5) is 10.5 Å². The Balaban J connectivity index is 1.48. The van der Waals surface area contributed by atoms with Gasteiger partial charge in [0.2, 0.25) is 0 Å². The zero-order chi connectivity index (χ0) is 22.1. The van der Waals surface area contributed by atoms with Crippen molar-refractivity contribution in [2.75, 3.05) is 12.4 Å². The lowest BCUT2D eigenvalue weighted by Gasteiger charge is -2.30. The average molecular weight is 430 g/mol. The van der Waals surface area contributed by atoms with Gasteiger partial charge < -0.3 is 14.0 Å². The molecule has 0 atom stereocenters. The number of aromatic nitrogens is 1. The van der Waals surface area contributed by atoms with E-state index in [1.165, 1.54) is 6.42 Å². The Morgan fingerprint density at radius 1 is 1.06 bits per heavy atom. The molecule has 0 aliphatic heterocycles. The summed E-state index contributed by atoms with van der Waals surface area (Å²) < 4.78 is 13.2. The van der Waals surface area contributed by atoms with E-state index in [1.54, 1.807) is 7.11 Å². The molecule has 0 bridgehead atoms. The molecule has 0 radical (unpaired) electrons. The monoisotopic (exact) mass is 429 g/mol. The van der Waals surface area contributed by atoms with Gasteiger partial charge in [0.05, 0.1) is 23.9 Å². The minimum atomic E-state index is -0.405. The summed E-state index contributed by atoms with van der Waals surface area (Å²) in [6.45, 7) is 0. The lowest BCUT2D eigenvalue weighted by molar-refractivity contribution is 0.114. The number of fused-ring (bicyclic) bond motifs is 1. The summed E-state index contributed by atoms with van der Waals surface area (Å²) in [5.74, 6) is 0.742. The number of anilines is 1. The number of hydrogen-bond donors (Lipinski definition) is 1. The van der Waals surface area contributed by atoms with Gasteiger partial charge >= 0.3 is 6.09 Å². The number of ether oxygens (including phenoxy) is 2. The summed E-state index contributed by atoms with van der Waals surface area (Å²) in [5.41, 5.74) is 4.29. The second kappa shape index (κ2) is 8.58. The van der Waals surface area contributed by atoms with E-state index in [0.717, 1.165) is 66.4 Å². The first-order valence-corrected chi connectivity index (χ1v) is 11.4. The third kappa shape index (κ3) is 3.69. The number of carbonyl (C=O) groups is 1. The van der Waals surface area contributed by atoms with Crippen LogP contribution in [0.5, 0.6) is 5.75 Å². The Labute approximate surface area is 187 Å². The number of rotatable bonds is 5. The molecule has 32 heavy (non-hydrogen) atoms. The highest BCUT2D eigenvalue weighted by Crippen LogP contribution is 2.43. The van der Waals surface area contributed by atoms with Crippen molar-refractivity contribution in [3.8, 4) is 23.1 Å². The van der Waals surface area contributed by atoms with Crippen molar-refractivity contribution >= 4 is 22.7 Å². The molecule has 1 N–H and O–H groups in total. The molecule has 0 spiro atoms. The molecule has 2 saturated carbocycles. The van der Waals surface area contributed by atoms with E-state index >= 15 is 0 Å². The quantitative estimate of drug-likeness (QED) is 0.509. The molecule has 2 aliphatic carbocycles. The lowest BCUT2D eigenvalue weighted by atomic mass is 9.92. The van der Waals surface area contributed by atoms with Crippen molar-refractivity contribution in [3.05, 3.63) is 48.0 Å². The van der Waals surface area contributed by atoms with Crippen LogP contribution in [0.3, 0.4) is 0 Å². The van der Waals surface area contributed by atoms with Gasteiger partial charge in [-0.3, -0.25) is 5.32 Å². The number of benzene rings is 2. The number of nitriles is 1. The number of amides is 1. The van der Waals surface area contributed by atoms with Crippen molar-refractivity contribution in [1.29, 1.82) is 5.26 Å². The van der Waals surface area contributed by atoms with Gasteiger partial charge in [-0.25, -0.2) is 4.79 Å². The molecule has 1 amide bonds. The first kappa shape index (κ1) is 20.4. The van der Waals surface area contributed by atoms with E-state index in [9.17, 15) is 10.1 Å². The predicted octanol–water partition coefficient (Wildman–Crippen LogP) is 6.40. The fourth-order valence-electron chi connectivity index (χ4n) is 4.86. The van der Waals surface area contributed by atoms with Crippen molar-refractivity contribution in [2.45, 2.75) is 57.1 Å². The maximum atomic E-state index is 12.2. The van der Waals surface area contributed by atoms with Crippen LogP contribution >= 0.6 is 0 Å². The minimum absolute atomic E-state index is 0.0302. The Hall–Kier alpha value is -3.46. The van der Waals surface area contributed by atoms with Gasteiger partial charge in [-0.1, -0.05) is 12.1 Å². The molecular weight excluding hydrogens is 402 g/mol. The van der Waals surface area contributed by atoms with Crippen molar-refractivity contribution in [1.82, 2.24) is 4.57 Å². The Morgan fingerprint density at radius 3 is 2.44 bits per heavy atom. The maximum absolute atomic E-state index is 12.2. The van der Waals surface area contributed by atoms with Crippen LogP contribution in [0.1, 0.15) is 56.6 Å². The van der Waals surface area contributed by atoms with Crippen molar-refractivity contribution in [3.63, 3.8) is 0 Å². The van der Waals surface area contributed by atoms with Gasteiger partial charge in [0.1, 0.15) is 17.9 Å². The first-order valence-electron chi connectivity index (χ1n) is 11.4. The Bertz CT molecular complexity index is 1180. The molecule has 5 rings (SSSR count). The fraction of sp³-hybridized carbons (Fsp3) is 0.385. The zero-order valence-electron chi connectivity index (χ0n) is 18.3. The van der Waals surface area contributed by atoms with E-state index in [4.69, 9.17) is 9.47 Å². The second-order valence-corrected chi connectivity index (χ2v) is 8.69. The third-order valence-electron chi connectivity index (χ3n) is 6.74. The Morgan fingerprint density at radius 2 is 1.81 bits per heavy atom. The molecular formula is C26H27N3O3. The van der Waals surface area contributed by atoms with Crippen molar-refractivity contribution < 1.29 is 14.3 Å². The first-order chi connectivity index (χ1) is 15.7. The maximum Gasteiger partial charge on any atom is 0.411 e. The standard InChI is InChI=1S/C26H27N3O3/c1-31-21-13-14-24-22(15-21)23(16-27)25(29(24)19-5-4-6-19)17-9-11-18(12-10-17)28-26(30)32-20-7-2-3-8-20/h9-15,19-20H,2-8H2,1H3,(H,28,30). The molecule has 2 fully saturated rings. The van der Waals surface area contributed by atoms with Crippen molar-refractivity contribution in [2.24, 2.45) is 0 Å². The molecule has 6 nitrogen and oxygen atoms in total. The summed E-state index contributed by atoms with van der Waals surface area (Å²) in [7, 11) is 1.64. The molecule has 1 aromatic heterocycles. The van der Waals surface area contributed by atoms with E-state index < -0.39 is 6.09 Å². The normalized spacial score (nSPS) is 16.5. The summed E-state index contributed by atoms with van der Waals surface area (Å²) in [4.78, 5) is 12.2. The summed E-state index contributed by atoms with van der Waals surface area (Å²) in [6, 6.07) is 16.4. The van der Waals surface area contributed by atoms with Crippen LogP contribution in [0, 0.1) is 11.3 Å². The highest BCUT2D eigenvalue weighted by atomic mass is 16.6. The van der Waals surface area contributed by atoms with E-state index in [2.05, 4.69) is 16.0 Å². The smallest absolute Gasteiger partial charge is 0.411 e. The molecule has 1 heterocycles. The highest BCUT2D eigenvalue weighted by Gasteiger charge is 2.28. The zero-order valence-corrected chi connectivity index (χ0v) is 18.3. The van der Waals surface area contributed by atoms with Gasteiger partial charge in [0.25, 0.3) is 0 Å². The topological polar surface area (TPSA) is 76.3 Å². The minimum Gasteiger partial charge on any atom is -0.497 e. The van der Waals surface area contributed by atoms with Crippen LogP contribution in [0.25, 0.3) is 22.2 Å². The van der Waals surface area contributed by atoms with Crippen LogP contribution in [0.2, 0.25) is 0 Å². The van der Waals surface area contributed by atoms with Crippen LogP contribution < -0.4 is 10.1 Å². The average Bonchev–Trinajstić information content (AvgIpc) is 3.38. The van der Waals surface area contributed by atoms with Crippen LogP contribution in [-0.2, 0) is 4.74 Å². The van der Waals surface area contributed by atoms with Gasteiger partial charge in [-0.15, -0.1) is 0 Å². The van der Waals surface area contributed by atoms with Gasteiger partial charge in [-0.05, 0) is 80.8 Å². The van der Waals surface area contributed by atoms with Gasteiger partial charge in [0, 0.05) is 17.1 Å². The van der Waals surface area contributed by atoms with Gasteiger partial charge in [-0.2, -0.15) is 5.26 Å². The molecule has 2 aromatic carbocycles. The molecule has 0 unspecified atom stereocenters. The third-order valence-corrected chi connectivity index (χ3v) is 6.74. The summed E-state index contributed by atoms with van der Waals surface area (Å²) in [5, 5.41) is 13.8. The van der Waals surface area contributed by atoms with Crippen LogP contribution in [0.15, 0.2) is 42.5 Å². The number of methoxy groups -OCH3 is 1. The number of hydrogen-bond acceptors (Lipinski definition) is 4. The molecule has 2 aliphatic rings.